The van der Waals surface area contributed by atoms with E-state index in [1.54, 1.807) is 6.07 Å². The van der Waals surface area contributed by atoms with Crippen molar-refractivity contribution >= 4 is 27.5 Å². The van der Waals surface area contributed by atoms with Crippen molar-refractivity contribution in [3.63, 3.8) is 0 Å². The third-order valence-corrected chi connectivity index (χ3v) is 4.70. The summed E-state index contributed by atoms with van der Waals surface area (Å²) < 4.78 is 0.732. The van der Waals surface area contributed by atoms with Crippen LogP contribution < -0.4 is 11.1 Å². The second-order valence-electron chi connectivity index (χ2n) is 5.36. The summed E-state index contributed by atoms with van der Waals surface area (Å²) in [6, 6.07) is 5.14. The van der Waals surface area contributed by atoms with Crippen LogP contribution in [0, 0.1) is 16.0 Å². The van der Waals surface area contributed by atoms with Gasteiger partial charge in [-0.2, -0.15) is 0 Å². The van der Waals surface area contributed by atoms with Crippen LogP contribution in [-0.2, 0) is 11.3 Å². The Morgan fingerprint density at radius 2 is 2.05 bits per heavy atom. The lowest BCUT2D eigenvalue weighted by molar-refractivity contribution is -0.384. The van der Waals surface area contributed by atoms with E-state index in [1.165, 1.54) is 12.1 Å². The number of hydrogen-bond acceptors (Lipinski definition) is 4. The van der Waals surface area contributed by atoms with Crippen molar-refractivity contribution in [3.8, 4) is 0 Å². The second kappa shape index (κ2) is 7.00. The van der Waals surface area contributed by atoms with Gasteiger partial charge in [0.15, 0.2) is 0 Å². The molecule has 21 heavy (non-hydrogen) atoms. The van der Waals surface area contributed by atoms with Crippen LogP contribution in [0.1, 0.15) is 31.2 Å². The Labute approximate surface area is 131 Å². The molecule has 0 heterocycles. The van der Waals surface area contributed by atoms with Crippen LogP contribution in [-0.4, -0.2) is 16.9 Å². The van der Waals surface area contributed by atoms with Crippen LogP contribution in [0.4, 0.5) is 5.69 Å². The topological polar surface area (TPSA) is 98.3 Å². The van der Waals surface area contributed by atoms with Gasteiger partial charge in [0, 0.05) is 35.1 Å². The lowest BCUT2D eigenvalue weighted by Gasteiger charge is -2.27. The van der Waals surface area contributed by atoms with Gasteiger partial charge < -0.3 is 11.1 Å². The molecule has 1 saturated carbocycles. The number of nitrogens with two attached hydrogens (primary N) is 1. The molecule has 0 spiro atoms. The fourth-order valence-electron chi connectivity index (χ4n) is 2.63. The van der Waals surface area contributed by atoms with Gasteiger partial charge in [0.05, 0.1) is 4.92 Å². The molecule has 0 unspecified atom stereocenters. The highest BCUT2D eigenvalue weighted by atomic mass is 79.9. The molecule has 0 aliphatic heterocycles. The van der Waals surface area contributed by atoms with Crippen molar-refractivity contribution in [3.05, 3.63) is 38.3 Å². The van der Waals surface area contributed by atoms with E-state index in [9.17, 15) is 14.9 Å². The number of amides is 1. The number of primary amides is 1. The van der Waals surface area contributed by atoms with Crippen LogP contribution in [0.5, 0.6) is 0 Å². The van der Waals surface area contributed by atoms with Gasteiger partial charge in [-0.3, -0.25) is 14.9 Å². The van der Waals surface area contributed by atoms with Gasteiger partial charge in [-0.25, -0.2) is 0 Å². The number of hydrogen-bond donors (Lipinski definition) is 2. The summed E-state index contributed by atoms with van der Waals surface area (Å²) in [5.41, 5.74) is 6.38. The number of nitrogens with zero attached hydrogens (tertiary/aromatic N) is 1. The highest BCUT2D eigenvalue weighted by Gasteiger charge is 2.24. The molecule has 1 aromatic carbocycles. The molecular weight excluding hydrogens is 338 g/mol. The quantitative estimate of drug-likeness (QED) is 0.626. The van der Waals surface area contributed by atoms with Gasteiger partial charge in [0.2, 0.25) is 5.91 Å². The van der Waals surface area contributed by atoms with Crippen LogP contribution in [0.15, 0.2) is 22.7 Å². The molecule has 1 amide bonds. The number of nitro benzene ring substituents is 1. The van der Waals surface area contributed by atoms with Gasteiger partial charge in [-0.15, -0.1) is 0 Å². The average Bonchev–Trinajstić information content (AvgIpc) is 2.46. The van der Waals surface area contributed by atoms with Crippen LogP contribution in [0.2, 0.25) is 0 Å². The van der Waals surface area contributed by atoms with E-state index in [1.807, 2.05) is 0 Å². The minimum Gasteiger partial charge on any atom is -0.369 e. The van der Waals surface area contributed by atoms with Crippen LogP contribution in [0.3, 0.4) is 0 Å². The van der Waals surface area contributed by atoms with Crippen molar-refractivity contribution in [2.24, 2.45) is 11.7 Å². The number of carbonyl (C=O) groups excluding carboxylic acids is 1. The number of non-ortho nitro benzene ring substituents is 1. The number of nitrogens with one attached hydrogen (secondary N) is 1. The standard InChI is InChI=1S/C14H18BrN3O3/c15-13-7-12(18(20)21)6-3-10(13)8-17-11-4-1-9(2-5-11)14(16)19/h3,6-7,9,11,17H,1-2,4-5,8H2,(H2,16,19). The third-order valence-electron chi connectivity index (χ3n) is 3.96. The molecule has 7 heteroatoms. The fourth-order valence-corrected chi connectivity index (χ4v) is 3.14. The zero-order chi connectivity index (χ0) is 15.4. The Bertz CT molecular complexity index is 542. The SMILES string of the molecule is NC(=O)C1CCC(NCc2ccc([N+](=O)[O-])cc2Br)CC1. The van der Waals surface area contributed by atoms with E-state index >= 15 is 0 Å². The molecular formula is C14H18BrN3O3. The van der Waals surface area contributed by atoms with Crippen LogP contribution in [0.25, 0.3) is 0 Å². The normalized spacial score (nSPS) is 22.0. The predicted octanol–water partition coefficient (Wildman–Crippen LogP) is 2.49. The van der Waals surface area contributed by atoms with Gasteiger partial charge in [0.1, 0.15) is 0 Å². The first-order valence-corrected chi connectivity index (χ1v) is 7.72. The van der Waals surface area contributed by atoms with E-state index in [2.05, 4.69) is 21.2 Å². The van der Waals surface area contributed by atoms with E-state index in [-0.39, 0.29) is 17.5 Å². The first kappa shape index (κ1) is 15.9. The second-order valence-corrected chi connectivity index (χ2v) is 6.22. The molecule has 2 rings (SSSR count). The molecule has 1 aliphatic rings. The maximum atomic E-state index is 11.1. The van der Waals surface area contributed by atoms with Crippen LogP contribution >= 0.6 is 15.9 Å². The van der Waals surface area contributed by atoms with Crippen molar-refractivity contribution in [1.29, 1.82) is 0 Å². The summed E-state index contributed by atoms with van der Waals surface area (Å²) in [6.45, 7) is 0.643. The van der Waals surface area contributed by atoms with Crippen molar-refractivity contribution in [1.82, 2.24) is 5.32 Å². The summed E-state index contributed by atoms with van der Waals surface area (Å²) in [7, 11) is 0. The molecule has 0 aromatic heterocycles. The maximum Gasteiger partial charge on any atom is 0.270 e. The summed E-state index contributed by atoms with van der Waals surface area (Å²) in [5, 5.41) is 14.1. The van der Waals surface area contributed by atoms with E-state index in [0.29, 0.717) is 12.6 Å². The molecule has 0 radical (unpaired) electrons. The molecule has 6 nitrogen and oxygen atoms in total. The van der Waals surface area contributed by atoms with E-state index in [4.69, 9.17) is 5.73 Å². The molecule has 1 fully saturated rings. The van der Waals surface area contributed by atoms with Crippen molar-refractivity contribution in [2.75, 3.05) is 0 Å². The average molecular weight is 356 g/mol. The highest BCUT2D eigenvalue weighted by Crippen LogP contribution is 2.26. The lowest BCUT2D eigenvalue weighted by Crippen LogP contribution is -2.36. The molecule has 1 aromatic rings. The Kier molecular flexibility index (Phi) is 5.30. The number of rotatable bonds is 5. The molecule has 1 aliphatic carbocycles. The summed E-state index contributed by atoms with van der Waals surface area (Å²) in [4.78, 5) is 21.4. The molecule has 0 bridgehead atoms. The molecule has 3 N–H and O–H groups in total. The Hall–Kier alpha value is -1.47. The Balaban J connectivity index is 1.87. The molecule has 114 valence electrons. The number of carbonyl (C=O) groups is 1. The third kappa shape index (κ3) is 4.25. The van der Waals surface area contributed by atoms with E-state index in [0.717, 1.165) is 35.7 Å². The first-order valence-electron chi connectivity index (χ1n) is 6.93. The van der Waals surface area contributed by atoms with Gasteiger partial charge in [-0.1, -0.05) is 15.9 Å². The highest BCUT2D eigenvalue weighted by molar-refractivity contribution is 9.10. The zero-order valence-corrected chi connectivity index (χ0v) is 13.1. The fraction of sp³-hybridized carbons (Fsp3) is 0.500. The first-order chi connectivity index (χ1) is 9.97. The predicted molar refractivity (Wildman–Crippen MR) is 82.6 cm³/mol. The smallest absolute Gasteiger partial charge is 0.270 e. The van der Waals surface area contributed by atoms with Crippen molar-refractivity contribution < 1.29 is 9.72 Å². The van der Waals surface area contributed by atoms with Gasteiger partial charge in [0.25, 0.3) is 5.69 Å². The molecule has 0 atom stereocenters. The summed E-state index contributed by atoms with van der Waals surface area (Å²) in [5.74, 6) is -0.194. The van der Waals surface area contributed by atoms with E-state index < -0.39 is 4.92 Å². The van der Waals surface area contributed by atoms with Gasteiger partial charge in [-0.05, 0) is 37.3 Å². The Morgan fingerprint density at radius 3 is 2.57 bits per heavy atom. The number of benzene rings is 1. The summed E-state index contributed by atoms with van der Waals surface area (Å²) in [6.07, 6.45) is 3.51. The number of halogens is 1. The van der Waals surface area contributed by atoms with Gasteiger partial charge >= 0.3 is 0 Å². The molecule has 0 saturated heterocycles. The Morgan fingerprint density at radius 1 is 1.38 bits per heavy atom. The van der Waals surface area contributed by atoms with Crippen molar-refractivity contribution in [2.45, 2.75) is 38.3 Å². The minimum atomic E-state index is -0.410. The maximum absolute atomic E-state index is 11.1. The number of nitro groups is 1. The zero-order valence-electron chi connectivity index (χ0n) is 11.5. The largest absolute Gasteiger partial charge is 0.369 e. The monoisotopic (exact) mass is 355 g/mol. The minimum absolute atomic E-state index is 0.00848. The summed E-state index contributed by atoms with van der Waals surface area (Å²) >= 11 is 3.36. The lowest BCUT2D eigenvalue weighted by atomic mass is 9.85.